The molecular formula is C21H34N2O2. The minimum absolute atomic E-state index is 0.591. The predicted molar refractivity (Wildman–Crippen MR) is 105 cm³/mol. The number of nitrogens with zero attached hydrogens (tertiary/aromatic N) is 1. The Labute approximate surface area is 153 Å². The first kappa shape index (κ1) is 19.8. The monoisotopic (exact) mass is 346 g/mol. The molecule has 0 amide bonds. The predicted octanol–water partition coefficient (Wildman–Crippen LogP) is 4.00. The molecule has 4 nitrogen and oxygen atoms in total. The number of piperidine rings is 1. The lowest BCUT2D eigenvalue weighted by molar-refractivity contribution is 0.211. The van der Waals surface area contributed by atoms with Gasteiger partial charge in [0.05, 0.1) is 13.7 Å². The van der Waals surface area contributed by atoms with Crippen LogP contribution in [0.25, 0.3) is 0 Å². The molecule has 1 N–H and O–H groups in total. The fourth-order valence-corrected chi connectivity index (χ4v) is 3.21. The molecule has 1 heterocycles. The largest absolute Gasteiger partial charge is 0.493 e. The molecule has 140 valence electrons. The SMILES string of the molecule is C=C(C)CN1CCC(NCc2ccc(OCCCC)c(OC)c2)CC1. The highest BCUT2D eigenvalue weighted by atomic mass is 16.5. The maximum absolute atomic E-state index is 5.80. The average Bonchev–Trinajstić information content (AvgIpc) is 2.61. The van der Waals surface area contributed by atoms with Gasteiger partial charge in [-0.05, 0) is 57.0 Å². The van der Waals surface area contributed by atoms with Gasteiger partial charge in [-0.2, -0.15) is 0 Å². The molecule has 0 bridgehead atoms. The van der Waals surface area contributed by atoms with Crippen LogP contribution in [0.1, 0.15) is 45.1 Å². The lowest BCUT2D eigenvalue weighted by atomic mass is 10.0. The van der Waals surface area contributed by atoms with E-state index < -0.39 is 0 Å². The van der Waals surface area contributed by atoms with Crippen LogP contribution in [-0.4, -0.2) is 44.3 Å². The smallest absolute Gasteiger partial charge is 0.161 e. The van der Waals surface area contributed by atoms with Gasteiger partial charge in [-0.25, -0.2) is 0 Å². The minimum Gasteiger partial charge on any atom is -0.493 e. The zero-order valence-electron chi connectivity index (χ0n) is 16.1. The molecule has 0 aliphatic carbocycles. The normalized spacial score (nSPS) is 16.0. The molecule has 1 aromatic rings. The van der Waals surface area contributed by atoms with E-state index in [2.05, 4.69) is 42.8 Å². The van der Waals surface area contributed by atoms with Crippen LogP contribution >= 0.6 is 0 Å². The third-order valence-corrected chi connectivity index (χ3v) is 4.66. The molecule has 25 heavy (non-hydrogen) atoms. The van der Waals surface area contributed by atoms with Gasteiger partial charge in [0.25, 0.3) is 0 Å². The maximum Gasteiger partial charge on any atom is 0.161 e. The molecule has 4 heteroatoms. The summed E-state index contributed by atoms with van der Waals surface area (Å²) in [5, 5.41) is 3.69. The van der Waals surface area contributed by atoms with Crippen LogP contribution in [-0.2, 0) is 6.54 Å². The Balaban J connectivity index is 1.80. The summed E-state index contributed by atoms with van der Waals surface area (Å²) >= 11 is 0. The fraction of sp³-hybridized carbons (Fsp3) is 0.619. The minimum atomic E-state index is 0.591. The second-order valence-corrected chi connectivity index (χ2v) is 7.08. The van der Waals surface area contributed by atoms with Crippen molar-refractivity contribution in [1.82, 2.24) is 10.2 Å². The summed E-state index contributed by atoms with van der Waals surface area (Å²) in [5.74, 6) is 1.67. The van der Waals surface area contributed by atoms with E-state index in [1.54, 1.807) is 7.11 Å². The van der Waals surface area contributed by atoms with Gasteiger partial charge in [0.15, 0.2) is 11.5 Å². The molecule has 2 rings (SSSR count). The topological polar surface area (TPSA) is 33.7 Å². The standard InChI is InChI=1S/C21H34N2O2/c1-5-6-13-25-20-8-7-18(14-21(20)24-4)15-22-19-9-11-23(12-10-19)16-17(2)3/h7-8,14,19,22H,2,5-6,9-13,15-16H2,1,3-4H3. The molecule has 0 unspecified atom stereocenters. The van der Waals surface area contributed by atoms with E-state index in [1.165, 1.54) is 24.0 Å². The number of hydrogen-bond donors (Lipinski definition) is 1. The maximum atomic E-state index is 5.80. The summed E-state index contributed by atoms with van der Waals surface area (Å²) < 4.78 is 11.3. The summed E-state index contributed by atoms with van der Waals surface area (Å²) in [7, 11) is 1.70. The molecule has 1 aliphatic rings. The highest BCUT2D eigenvalue weighted by Crippen LogP contribution is 2.28. The lowest BCUT2D eigenvalue weighted by Crippen LogP contribution is -2.42. The first-order valence-corrected chi connectivity index (χ1v) is 9.52. The van der Waals surface area contributed by atoms with Crippen molar-refractivity contribution in [3.05, 3.63) is 35.9 Å². The number of methoxy groups -OCH3 is 1. The summed E-state index contributed by atoms with van der Waals surface area (Å²) in [6.45, 7) is 13.2. The van der Waals surface area contributed by atoms with E-state index in [9.17, 15) is 0 Å². The van der Waals surface area contributed by atoms with Crippen LogP contribution in [0.4, 0.5) is 0 Å². The summed E-state index contributed by atoms with van der Waals surface area (Å²) in [4.78, 5) is 2.49. The molecule has 0 spiro atoms. The van der Waals surface area contributed by atoms with Gasteiger partial charge in [-0.15, -0.1) is 0 Å². The van der Waals surface area contributed by atoms with Gasteiger partial charge < -0.3 is 14.8 Å². The lowest BCUT2D eigenvalue weighted by Gasteiger charge is -2.32. The van der Waals surface area contributed by atoms with Crippen molar-refractivity contribution in [3.63, 3.8) is 0 Å². The van der Waals surface area contributed by atoms with Crippen molar-refractivity contribution in [2.75, 3.05) is 33.4 Å². The Morgan fingerprint density at radius 2 is 2.04 bits per heavy atom. The molecule has 1 aromatic carbocycles. The van der Waals surface area contributed by atoms with Crippen LogP contribution in [0.2, 0.25) is 0 Å². The third-order valence-electron chi connectivity index (χ3n) is 4.66. The summed E-state index contributed by atoms with van der Waals surface area (Å²) in [6.07, 6.45) is 4.59. The number of likely N-dealkylation sites (tertiary alicyclic amines) is 1. The molecular weight excluding hydrogens is 312 g/mol. The first-order valence-electron chi connectivity index (χ1n) is 9.52. The van der Waals surface area contributed by atoms with Crippen molar-refractivity contribution in [3.8, 4) is 11.5 Å². The molecule has 0 aromatic heterocycles. The Morgan fingerprint density at radius 3 is 2.68 bits per heavy atom. The van der Waals surface area contributed by atoms with E-state index in [1.807, 2.05) is 6.07 Å². The quantitative estimate of drug-likeness (QED) is 0.513. The number of nitrogens with one attached hydrogen (secondary N) is 1. The Kier molecular flexibility index (Phi) is 8.29. The van der Waals surface area contributed by atoms with Crippen LogP contribution < -0.4 is 14.8 Å². The molecule has 0 radical (unpaired) electrons. The first-order chi connectivity index (χ1) is 12.1. The number of rotatable bonds is 10. The number of hydrogen-bond acceptors (Lipinski definition) is 4. The summed E-state index contributed by atoms with van der Waals surface area (Å²) in [6, 6.07) is 6.84. The van der Waals surface area contributed by atoms with Gasteiger partial charge in [-0.3, -0.25) is 4.90 Å². The van der Waals surface area contributed by atoms with Crippen LogP contribution in [0, 0.1) is 0 Å². The van der Waals surface area contributed by atoms with E-state index in [-0.39, 0.29) is 0 Å². The average molecular weight is 347 g/mol. The van der Waals surface area contributed by atoms with Gasteiger partial charge >= 0.3 is 0 Å². The van der Waals surface area contributed by atoms with Gasteiger partial charge in [0.1, 0.15) is 0 Å². The van der Waals surface area contributed by atoms with Crippen molar-refractivity contribution in [2.45, 2.75) is 52.1 Å². The second-order valence-electron chi connectivity index (χ2n) is 7.08. The molecule has 1 aliphatic heterocycles. The Morgan fingerprint density at radius 1 is 1.28 bits per heavy atom. The molecule has 1 fully saturated rings. The van der Waals surface area contributed by atoms with Crippen LogP contribution in [0.5, 0.6) is 11.5 Å². The van der Waals surface area contributed by atoms with Crippen molar-refractivity contribution < 1.29 is 9.47 Å². The van der Waals surface area contributed by atoms with Crippen LogP contribution in [0.15, 0.2) is 30.4 Å². The number of benzene rings is 1. The van der Waals surface area contributed by atoms with E-state index in [0.29, 0.717) is 6.04 Å². The van der Waals surface area contributed by atoms with Crippen molar-refractivity contribution in [1.29, 1.82) is 0 Å². The number of unbranched alkanes of at least 4 members (excludes halogenated alkanes) is 1. The fourth-order valence-electron chi connectivity index (χ4n) is 3.21. The van der Waals surface area contributed by atoms with Crippen LogP contribution in [0.3, 0.4) is 0 Å². The zero-order valence-corrected chi connectivity index (χ0v) is 16.1. The van der Waals surface area contributed by atoms with Gasteiger partial charge in [0.2, 0.25) is 0 Å². The zero-order chi connectivity index (χ0) is 18.1. The molecule has 1 saturated heterocycles. The highest BCUT2D eigenvalue weighted by Gasteiger charge is 2.18. The second kappa shape index (κ2) is 10.5. The molecule has 0 atom stereocenters. The third kappa shape index (κ3) is 6.71. The highest BCUT2D eigenvalue weighted by molar-refractivity contribution is 5.43. The Hall–Kier alpha value is -1.52. The van der Waals surface area contributed by atoms with E-state index >= 15 is 0 Å². The van der Waals surface area contributed by atoms with Gasteiger partial charge in [0, 0.05) is 19.1 Å². The van der Waals surface area contributed by atoms with Crippen molar-refractivity contribution >= 4 is 0 Å². The van der Waals surface area contributed by atoms with E-state index in [4.69, 9.17) is 9.47 Å². The van der Waals surface area contributed by atoms with Crippen molar-refractivity contribution in [2.24, 2.45) is 0 Å². The number of ether oxygens (including phenoxy) is 2. The summed E-state index contributed by atoms with van der Waals surface area (Å²) in [5.41, 5.74) is 2.49. The van der Waals surface area contributed by atoms with E-state index in [0.717, 1.165) is 57.1 Å². The Bertz CT molecular complexity index is 537. The molecule has 0 saturated carbocycles. The van der Waals surface area contributed by atoms with Gasteiger partial charge in [-0.1, -0.05) is 31.6 Å².